The molecule has 1 atom stereocenters. The summed E-state index contributed by atoms with van der Waals surface area (Å²) in [6, 6.07) is 3.94. The van der Waals surface area contributed by atoms with E-state index in [4.69, 9.17) is 4.74 Å². The predicted molar refractivity (Wildman–Crippen MR) is 119 cm³/mol. The number of aliphatic hydroxyl groups excluding tert-OH is 1. The Morgan fingerprint density at radius 1 is 1.24 bits per heavy atom. The molecule has 1 fully saturated rings. The second-order valence-corrected chi connectivity index (χ2v) is 11.2. The molecule has 25 heavy (non-hydrogen) atoms. The fourth-order valence-corrected chi connectivity index (χ4v) is 5.74. The van der Waals surface area contributed by atoms with Crippen LogP contribution >= 0.6 is 67.8 Å². The number of carbonyl (C=O) groups is 1. The van der Waals surface area contributed by atoms with Crippen molar-refractivity contribution in [1.82, 2.24) is 4.72 Å². The zero-order valence-corrected chi connectivity index (χ0v) is 20.6. The summed E-state index contributed by atoms with van der Waals surface area (Å²) < 4.78 is 33.2. The highest BCUT2D eigenvalue weighted by molar-refractivity contribution is 14.1. The van der Waals surface area contributed by atoms with Crippen LogP contribution in [-0.4, -0.2) is 31.8 Å². The third-order valence-corrected chi connectivity index (χ3v) is 8.22. The van der Waals surface area contributed by atoms with Crippen molar-refractivity contribution in [3.05, 3.63) is 28.4 Å². The highest BCUT2D eigenvalue weighted by atomic mass is 127. The number of rotatable bonds is 5. The van der Waals surface area contributed by atoms with Gasteiger partial charge in [-0.1, -0.05) is 0 Å². The molecule has 0 aromatic heterocycles. The molecule has 10 heteroatoms. The number of hydrogen-bond acceptors (Lipinski definition) is 5. The van der Waals surface area contributed by atoms with Gasteiger partial charge in [-0.15, -0.1) is 0 Å². The van der Waals surface area contributed by atoms with E-state index in [1.807, 2.05) is 16.9 Å². The summed E-state index contributed by atoms with van der Waals surface area (Å²) in [6.45, 7) is 0. The lowest BCUT2D eigenvalue weighted by Crippen LogP contribution is -2.37. The first kappa shape index (κ1) is 22.0. The van der Waals surface area contributed by atoms with Gasteiger partial charge in [0.05, 0.1) is 12.4 Å². The van der Waals surface area contributed by atoms with Gasteiger partial charge in [-0.3, -0.25) is 9.52 Å². The first-order valence-corrected chi connectivity index (χ1v) is 12.7. The van der Waals surface area contributed by atoms with Crippen LogP contribution < -0.4 is 4.72 Å². The van der Waals surface area contributed by atoms with Gasteiger partial charge < -0.3 is 9.84 Å². The number of aliphatic hydroxyl groups is 1. The average Bonchev–Trinajstić information content (AvgIpc) is 2.49. The zero-order valence-electron chi connectivity index (χ0n) is 13.3. The number of nitrogens with one attached hydrogen (secondary N) is 1. The molecule has 0 spiro atoms. The Kier molecular flexibility index (Phi) is 8.20. The SMILES string of the molecule is CS(=O)(=O)NC(=O)C1CCC(OC(O)c2cc(I)cc(I)c2I)CC1. The maximum Gasteiger partial charge on any atom is 0.236 e. The third kappa shape index (κ3) is 6.69. The Balaban J connectivity index is 1.93. The van der Waals surface area contributed by atoms with Crippen LogP contribution in [0.5, 0.6) is 0 Å². The van der Waals surface area contributed by atoms with E-state index in [1.54, 1.807) is 0 Å². The second-order valence-electron chi connectivity index (χ2n) is 5.99. The number of halogens is 3. The van der Waals surface area contributed by atoms with Crippen molar-refractivity contribution >= 4 is 83.7 Å². The number of benzene rings is 1. The first-order valence-electron chi connectivity index (χ1n) is 7.56. The van der Waals surface area contributed by atoms with Crippen LogP contribution in [0.3, 0.4) is 0 Å². The summed E-state index contributed by atoms with van der Waals surface area (Å²) in [5.74, 6) is -0.784. The normalized spacial score (nSPS) is 22.4. The summed E-state index contributed by atoms with van der Waals surface area (Å²) in [6.07, 6.45) is 2.11. The molecule has 1 aromatic carbocycles. The van der Waals surface area contributed by atoms with Crippen molar-refractivity contribution in [2.45, 2.75) is 38.1 Å². The van der Waals surface area contributed by atoms with Gasteiger partial charge in [0.25, 0.3) is 0 Å². The molecule has 0 bridgehead atoms. The monoisotopic (exact) mass is 705 g/mol. The summed E-state index contributed by atoms with van der Waals surface area (Å²) >= 11 is 6.63. The Morgan fingerprint density at radius 3 is 2.40 bits per heavy atom. The molecule has 1 aliphatic carbocycles. The van der Waals surface area contributed by atoms with Crippen molar-refractivity contribution in [2.75, 3.05) is 6.26 Å². The lowest BCUT2D eigenvalue weighted by atomic mass is 9.87. The van der Waals surface area contributed by atoms with Gasteiger partial charge >= 0.3 is 0 Å². The predicted octanol–water partition coefficient (Wildman–Crippen LogP) is 3.14. The van der Waals surface area contributed by atoms with E-state index in [0.29, 0.717) is 25.7 Å². The molecule has 2 N–H and O–H groups in total. The van der Waals surface area contributed by atoms with E-state index >= 15 is 0 Å². The number of hydrogen-bond donors (Lipinski definition) is 2. The Bertz CT molecular complexity index is 748. The molecule has 2 rings (SSSR count). The Labute approximate surface area is 188 Å². The number of amides is 1. The van der Waals surface area contributed by atoms with Gasteiger partial charge in [-0.05, 0) is 106 Å². The molecule has 0 heterocycles. The quantitative estimate of drug-likeness (QED) is 0.280. The van der Waals surface area contributed by atoms with Crippen LogP contribution in [0.15, 0.2) is 12.1 Å². The van der Waals surface area contributed by atoms with Crippen molar-refractivity contribution in [2.24, 2.45) is 5.92 Å². The lowest BCUT2D eigenvalue weighted by Gasteiger charge is -2.29. The van der Waals surface area contributed by atoms with Gasteiger partial charge in [-0.25, -0.2) is 8.42 Å². The molecule has 6 nitrogen and oxygen atoms in total. The largest absolute Gasteiger partial charge is 0.364 e. The highest BCUT2D eigenvalue weighted by Gasteiger charge is 2.30. The van der Waals surface area contributed by atoms with Crippen molar-refractivity contribution in [3.63, 3.8) is 0 Å². The third-order valence-electron chi connectivity index (χ3n) is 3.94. The van der Waals surface area contributed by atoms with Gasteiger partial charge in [0.1, 0.15) is 0 Å². The van der Waals surface area contributed by atoms with Crippen molar-refractivity contribution in [1.29, 1.82) is 0 Å². The summed E-state index contributed by atoms with van der Waals surface area (Å²) in [7, 11) is -3.53. The van der Waals surface area contributed by atoms with Crippen LogP contribution in [0.2, 0.25) is 0 Å². The molecule has 1 unspecified atom stereocenters. The summed E-state index contributed by atoms with van der Waals surface area (Å²) in [5, 5.41) is 10.4. The smallest absolute Gasteiger partial charge is 0.236 e. The molecule has 1 aliphatic rings. The molecule has 0 saturated heterocycles. The van der Waals surface area contributed by atoms with Crippen molar-refractivity contribution < 1.29 is 23.1 Å². The molecule has 140 valence electrons. The molecule has 0 aliphatic heterocycles. The van der Waals surface area contributed by atoms with Gasteiger partial charge in [-0.2, -0.15) is 0 Å². The minimum Gasteiger partial charge on any atom is -0.364 e. The van der Waals surface area contributed by atoms with Gasteiger partial charge in [0.15, 0.2) is 6.29 Å². The van der Waals surface area contributed by atoms with Crippen LogP contribution in [0, 0.1) is 16.6 Å². The van der Waals surface area contributed by atoms with E-state index in [-0.39, 0.29) is 12.0 Å². The molecule has 1 saturated carbocycles. The maximum atomic E-state index is 11.9. The Morgan fingerprint density at radius 2 is 1.84 bits per heavy atom. The topological polar surface area (TPSA) is 92.7 Å². The molecule has 1 amide bonds. The fraction of sp³-hybridized carbons (Fsp3) is 0.533. The summed E-state index contributed by atoms with van der Waals surface area (Å²) in [5.41, 5.74) is 0.744. The minimum absolute atomic E-state index is 0.149. The van der Waals surface area contributed by atoms with Crippen LogP contribution in [0.25, 0.3) is 0 Å². The first-order chi connectivity index (χ1) is 11.6. The van der Waals surface area contributed by atoms with E-state index in [1.165, 1.54) is 0 Å². The van der Waals surface area contributed by atoms with E-state index in [2.05, 4.69) is 67.8 Å². The average molecular weight is 705 g/mol. The lowest BCUT2D eigenvalue weighted by molar-refractivity contribution is -0.152. The van der Waals surface area contributed by atoms with Crippen LogP contribution in [-0.2, 0) is 19.6 Å². The molecule has 0 radical (unpaired) electrons. The van der Waals surface area contributed by atoms with Gasteiger partial charge in [0, 0.05) is 22.2 Å². The molecular weight excluding hydrogens is 687 g/mol. The van der Waals surface area contributed by atoms with Crippen LogP contribution in [0.4, 0.5) is 0 Å². The minimum atomic E-state index is -3.53. The standard InChI is InChI=1S/C15H18I3NO5S/c1-25(22,23)19-14(20)8-2-4-10(5-3-8)24-15(21)11-6-9(16)7-12(17)13(11)18/h6-8,10,15,21H,2-5H2,1H3,(H,19,20). The Hall–Kier alpha value is 0.750. The van der Waals surface area contributed by atoms with Gasteiger partial charge in [0.2, 0.25) is 15.9 Å². The van der Waals surface area contributed by atoms with E-state index in [0.717, 1.165) is 22.5 Å². The zero-order chi connectivity index (χ0) is 18.8. The molecular formula is C15H18I3NO5S. The summed E-state index contributed by atoms with van der Waals surface area (Å²) in [4.78, 5) is 11.9. The second kappa shape index (κ2) is 9.30. The number of carbonyl (C=O) groups excluding carboxylic acids is 1. The van der Waals surface area contributed by atoms with E-state index in [9.17, 15) is 18.3 Å². The highest BCUT2D eigenvalue weighted by Crippen LogP contribution is 2.32. The fourth-order valence-electron chi connectivity index (χ4n) is 2.74. The van der Waals surface area contributed by atoms with Crippen LogP contribution in [0.1, 0.15) is 37.5 Å². The van der Waals surface area contributed by atoms with Crippen molar-refractivity contribution in [3.8, 4) is 0 Å². The number of ether oxygens (including phenoxy) is 1. The maximum absolute atomic E-state index is 11.9. The van der Waals surface area contributed by atoms with E-state index < -0.39 is 22.2 Å². The molecule has 1 aromatic rings. The number of sulfonamides is 1.